The highest BCUT2D eigenvalue weighted by molar-refractivity contribution is 7.92. The molecular weight excluding hydrogens is 496 g/mol. The van der Waals surface area contributed by atoms with Gasteiger partial charge in [0, 0.05) is 16.3 Å². The van der Waals surface area contributed by atoms with Crippen LogP contribution in [0.15, 0.2) is 89.8 Å². The fourth-order valence-corrected chi connectivity index (χ4v) is 5.26. The lowest BCUT2D eigenvalue weighted by molar-refractivity contribution is 0.102. The molecule has 36 heavy (non-hydrogen) atoms. The summed E-state index contributed by atoms with van der Waals surface area (Å²) in [5.74, 6) is 0.491. The van der Waals surface area contributed by atoms with Crippen molar-refractivity contribution in [1.29, 1.82) is 0 Å². The summed E-state index contributed by atoms with van der Waals surface area (Å²) in [5.41, 5.74) is 3.38. The van der Waals surface area contributed by atoms with Crippen molar-refractivity contribution in [2.24, 2.45) is 0 Å². The molecule has 0 saturated heterocycles. The average molecular weight is 521 g/mol. The van der Waals surface area contributed by atoms with Gasteiger partial charge in [0.15, 0.2) is 5.75 Å². The maximum atomic E-state index is 13.2. The summed E-state index contributed by atoms with van der Waals surface area (Å²) in [5, 5.41) is 3.20. The number of hydrogen-bond acceptors (Lipinski definition) is 4. The van der Waals surface area contributed by atoms with E-state index < -0.39 is 15.9 Å². The molecule has 4 rings (SSSR count). The molecule has 0 aliphatic heterocycles. The maximum absolute atomic E-state index is 13.2. The SMILES string of the molecule is Cc1cc(C)cc(NS(=O)(=O)c2cc(C(=O)Nc3cc(Cl)ccc3Oc3ccccc3)ccc2C)c1. The van der Waals surface area contributed by atoms with Crippen LogP contribution in [0.5, 0.6) is 11.5 Å². The second-order valence-corrected chi connectivity index (χ2v) is 10.6. The summed E-state index contributed by atoms with van der Waals surface area (Å²) in [4.78, 5) is 13.2. The normalized spacial score (nSPS) is 11.1. The zero-order valence-electron chi connectivity index (χ0n) is 20.0. The first kappa shape index (κ1) is 25.3. The maximum Gasteiger partial charge on any atom is 0.262 e. The van der Waals surface area contributed by atoms with E-state index in [1.807, 2.05) is 38.1 Å². The molecule has 2 N–H and O–H groups in total. The van der Waals surface area contributed by atoms with Crippen LogP contribution in [0.2, 0.25) is 5.02 Å². The number of amides is 1. The molecule has 0 aliphatic carbocycles. The average Bonchev–Trinajstić information content (AvgIpc) is 2.80. The molecule has 4 aromatic rings. The number of anilines is 2. The van der Waals surface area contributed by atoms with E-state index in [9.17, 15) is 13.2 Å². The molecule has 8 heteroatoms. The first-order valence-corrected chi connectivity index (χ1v) is 13.0. The van der Waals surface area contributed by atoms with Crippen LogP contribution in [0.4, 0.5) is 11.4 Å². The van der Waals surface area contributed by atoms with Crippen molar-refractivity contribution < 1.29 is 17.9 Å². The minimum atomic E-state index is -3.94. The Balaban J connectivity index is 1.61. The van der Waals surface area contributed by atoms with E-state index >= 15 is 0 Å². The standard InChI is InChI=1S/C28H25ClN2O4S/c1-18-13-19(2)15-23(14-18)31-36(33,34)27-16-21(10-9-20(27)3)28(32)30-25-17-22(29)11-12-26(25)35-24-7-5-4-6-8-24/h4-17,31H,1-3H3,(H,30,32). The van der Waals surface area contributed by atoms with Gasteiger partial charge in [-0.05, 0) is 92.1 Å². The van der Waals surface area contributed by atoms with E-state index in [-0.39, 0.29) is 10.5 Å². The number of carbonyl (C=O) groups is 1. The zero-order valence-corrected chi connectivity index (χ0v) is 21.6. The second-order valence-electron chi connectivity index (χ2n) is 8.47. The molecule has 0 spiro atoms. The van der Waals surface area contributed by atoms with Crippen molar-refractivity contribution in [1.82, 2.24) is 0 Å². The monoisotopic (exact) mass is 520 g/mol. The molecular formula is C28H25ClN2O4S. The molecule has 1 amide bonds. The highest BCUT2D eigenvalue weighted by atomic mass is 35.5. The van der Waals surface area contributed by atoms with Crippen molar-refractivity contribution in [3.8, 4) is 11.5 Å². The van der Waals surface area contributed by atoms with Gasteiger partial charge >= 0.3 is 0 Å². The predicted molar refractivity (Wildman–Crippen MR) is 144 cm³/mol. The number of aryl methyl sites for hydroxylation is 3. The number of rotatable bonds is 7. The van der Waals surface area contributed by atoms with Crippen LogP contribution in [0, 0.1) is 20.8 Å². The molecule has 0 unspecified atom stereocenters. The molecule has 184 valence electrons. The zero-order chi connectivity index (χ0) is 25.9. The fraction of sp³-hybridized carbons (Fsp3) is 0.107. The van der Waals surface area contributed by atoms with E-state index in [4.69, 9.17) is 16.3 Å². The van der Waals surface area contributed by atoms with E-state index in [1.54, 1.807) is 61.5 Å². The van der Waals surface area contributed by atoms with Gasteiger partial charge in [-0.1, -0.05) is 41.9 Å². The number of carbonyl (C=O) groups excluding carboxylic acids is 1. The van der Waals surface area contributed by atoms with Gasteiger partial charge in [-0.3, -0.25) is 9.52 Å². The number of nitrogens with one attached hydrogen (secondary N) is 2. The van der Waals surface area contributed by atoms with E-state index in [0.29, 0.717) is 33.5 Å². The highest BCUT2D eigenvalue weighted by Gasteiger charge is 2.20. The highest BCUT2D eigenvalue weighted by Crippen LogP contribution is 2.32. The molecule has 0 heterocycles. The van der Waals surface area contributed by atoms with E-state index in [2.05, 4.69) is 10.0 Å². The summed E-state index contributed by atoms with van der Waals surface area (Å²) in [7, 11) is -3.94. The van der Waals surface area contributed by atoms with Gasteiger partial charge in [0.25, 0.3) is 15.9 Å². The Morgan fingerprint density at radius 1 is 0.833 bits per heavy atom. The van der Waals surface area contributed by atoms with Gasteiger partial charge in [0.2, 0.25) is 0 Å². The number of benzene rings is 4. The van der Waals surface area contributed by atoms with Crippen LogP contribution in [-0.2, 0) is 10.0 Å². The van der Waals surface area contributed by atoms with Gasteiger partial charge in [-0.15, -0.1) is 0 Å². The molecule has 0 aliphatic rings. The molecule has 4 aromatic carbocycles. The molecule has 0 radical (unpaired) electrons. The summed E-state index contributed by atoms with van der Waals surface area (Å²) in [6.07, 6.45) is 0. The van der Waals surface area contributed by atoms with Gasteiger partial charge in [0.05, 0.1) is 10.6 Å². The van der Waals surface area contributed by atoms with Crippen LogP contribution in [0.25, 0.3) is 0 Å². The number of ether oxygens (including phenoxy) is 1. The van der Waals surface area contributed by atoms with E-state index in [0.717, 1.165) is 11.1 Å². The van der Waals surface area contributed by atoms with E-state index in [1.165, 1.54) is 6.07 Å². The number of halogens is 1. The fourth-order valence-electron chi connectivity index (χ4n) is 3.77. The summed E-state index contributed by atoms with van der Waals surface area (Å²) < 4.78 is 34.9. The van der Waals surface area contributed by atoms with Crippen molar-refractivity contribution in [3.05, 3.63) is 112 Å². The Kier molecular flexibility index (Phi) is 7.33. The number of sulfonamides is 1. The van der Waals surface area contributed by atoms with Gasteiger partial charge in [-0.25, -0.2) is 8.42 Å². The molecule has 0 atom stereocenters. The lowest BCUT2D eigenvalue weighted by Crippen LogP contribution is -2.17. The Bertz CT molecular complexity index is 1520. The Labute approximate surface area is 216 Å². The molecule has 0 bridgehead atoms. The largest absolute Gasteiger partial charge is 0.455 e. The Morgan fingerprint density at radius 2 is 1.53 bits per heavy atom. The van der Waals surface area contributed by atoms with Crippen molar-refractivity contribution in [2.45, 2.75) is 25.7 Å². The molecule has 0 saturated carbocycles. The lowest BCUT2D eigenvalue weighted by Gasteiger charge is -2.15. The Morgan fingerprint density at radius 3 is 2.22 bits per heavy atom. The van der Waals surface area contributed by atoms with Crippen molar-refractivity contribution in [3.63, 3.8) is 0 Å². The third-order valence-corrected chi connectivity index (χ3v) is 7.13. The van der Waals surface area contributed by atoms with Gasteiger partial charge < -0.3 is 10.1 Å². The van der Waals surface area contributed by atoms with Gasteiger partial charge in [-0.2, -0.15) is 0 Å². The first-order valence-electron chi connectivity index (χ1n) is 11.2. The molecule has 0 fully saturated rings. The third-order valence-electron chi connectivity index (χ3n) is 5.37. The second kappa shape index (κ2) is 10.4. The minimum Gasteiger partial charge on any atom is -0.455 e. The van der Waals surface area contributed by atoms with Crippen molar-refractivity contribution in [2.75, 3.05) is 10.0 Å². The quantitative estimate of drug-likeness (QED) is 0.272. The first-order chi connectivity index (χ1) is 17.1. The smallest absolute Gasteiger partial charge is 0.262 e. The van der Waals surface area contributed by atoms with Crippen LogP contribution in [-0.4, -0.2) is 14.3 Å². The summed E-state index contributed by atoms with van der Waals surface area (Å²) in [6, 6.07) is 24.0. The predicted octanol–water partition coefficient (Wildman–Crippen LogP) is 7.11. The van der Waals surface area contributed by atoms with Crippen LogP contribution in [0.3, 0.4) is 0 Å². The summed E-state index contributed by atoms with van der Waals surface area (Å²) >= 11 is 6.16. The molecule has 0 aromatic heterocycles. The van der Waals surface area contributed by atoms with Crippen LogP contribution in [0.1, 0.15) is 27.0 Å². The third kappa shape index (κ3) is 6.05. The lowest BCUT2D eigenvalue weighted by atomic mass is 10.1. The van der Waals surface area contributed by atoms with Crippen LogP contribution >= 0.6 is 11.6 Å². The van der Waals surface area contributed by atoms with Crippen molar-refractivity contribution >= 4 is 38.9 Å². The topological polar surface area (TPSA) is 84.5 Å². The number of para-hydroxylation sites is 1. The number of hydrogen-bond donors (Lipinski definition) is 2. The van der Waals surface area contributed by atoms with Gasteiger partial charge in [0.1, 0.15) is 5.75 Å². The van der Waals surface area contributed by atoms with Crippen LogP contribution < -0.4 is 14.8 Å². The summed E-state index contributed by atoms with van der Waals surface area (Å²) in [6.45, 7) is 5.47. The Hall–Kier alpha value is -3.81. The minimum absolute atomic E-state index is 0.0150. The molecule has 6 nitrogen and oxygen atoms in total.